The molecular formula is C32H36N4. The van der Waals surface area contributed by atoms with Crippen LogP contribution in [0.2, 0.25) is 0 Å². The van der Waals surface area contributed by atoms with Crippen molar-refractivity contribution in [3.8, 4) is 11.1 Å². The van der Waals surface area contributed by atoms with Crippen molar-refractivity contribution in [2.24, 2.45) is 5.92 Å². The first-order chi connectivity index (χ1) is 17.5. The zero-order valence-corrected chi connectivity index (χ0v) is 21.8. The third-order valence-corrected chi connectivity index (χ3v) is 9.06. The molecular weight excluding hydrogens is 440 g/mol. The van der Waals surface area contributed by atoms with Crippen molar-refractivity contribution >= 4 is 11.3 Å². The standard InChI is InChI=1S/C32H36N4/c1-19-11-22-6-7-27(22)32-28(19)16-25(17-34-32)24-14-23-8-10-36(26-12-20(2)35-21(3)13-26)18-30(23)29(15-24)31-5-4-9-33-31/h11-17,22,27,31,33H,4-10,18H2,1-3H3/t22?,27?,31-/m0/s1. The summed E-state index contributed by atoms with van der Waals surface area (Å²) in [6.45, 7) is 9.61. The average molecular weight is 477 g/mol. The van der Waals surface area contributed by atoms with E-state index in [0.29, 0.717) is 12.0 Å². The van der Waals surface area contributed by atoms with Crippen LogP contribution in [-0.2, 0) is 13.0 Å². The monoisotopic (exact) mass is 476 g/mol. The Balaban J connectivity index is 1.29. The van der Waals surface area contributed by atoms with E-state index in [4.69, 9.17) is 4.98 Å². The summed E-state index contributed by atoms with van der Waals surface area (Å²) in [5, 5.41) is 3.80. The predicted octanol–water partition coefficient (Wildman–Crippen LogP) is 6.66. The maximum atomic E-state index is 5.07. The number of aromatic nitrogens is 2. The van der Waals surface area contributed by atoms with Crippen molar-refractivity contribution < 1.29 is 0 Å². The molecule has 2 aromatic heterocycles. The SMILES string of the molecule is CC1=CC2CCC2c2ncc(-c3cc4c(c([C@@H]5CCCN5)c3)CN(c3cc(C)nc(C)c3)CC4)cc21. The molecule has 1 aromatic carbocycles. The minimum Gasteiger partial charge on any atom is -0.367 e. The van der Waals surface area contributed by atoms with Crippen molar-refractivity contribution in [3.05, 3.63) is 81.9 Å². The van der Waals surface area contributed by atoms with Crippen LogP contribution in [-0.4, -0.2) is 23.1 Å². The number of pyridine rings is 2. The molecule has 0 amide bonds. The molecule has 4 aliphatic rings. The molecule has 2 aliphatic carbocycles. The van der Waals surface area contributed by atoms with Gasteiger partial charge in [-0.1, -0.05) is 12.1 Å². The number of hydrogen-bond donors (Lipinski definition) is 1. The van der Waals surface area contributed by atoms with Crippen LogP contribution in [0.25, 0.3) is 16.7 Å². The molecule has 184 valence electrons. The third kappa shape index (κ3) is 3.69. The van der Waals surface area contributed by atoms with E-state index in [-0.39, 0.29) is 0 Å². The summed E-state index contributed by atoms with van der Waals surface area (Å²) < 4.78 is 0. The molecule has 0 bridgehead atoms. The van der Waals surface area contributed by atoms with Crippen LogP contribution < -0.4 is 10.2 Å². The number of benzene rings is 1. The fourth-order valence-corrected chi connectivity index (χ4v) is 7.06. The fraction of sp³-hybridized carbons (Fsp3) is 0.438. The Morgan fingerprint density at radius 1 is 0.944 bits per heavy atom. The van der Waals surface area contributed by atoms with E-state index < -0.39 is 0 Å². The number of nitrogens with zero attached hydrogens (tertiary/aromatic N) is 3. The number of fused-ring (bicyclic) bond motifs is 4. The highest BCUT2D eigenvalue weighted by Gasteiger charge is 2.36. The highest BCUT2D eigenvalue weighted by Crippen LogP contribution is 2.49. The topological polar surface area (TPSA) is 41.1 Å². The molecule has 1 saturated carbocycles. The highest BCUT2D eigenvalue weighted by molar-refractivity contribution is 5.76. The maximum Gasteiger partial charge on any atom is 0.0515 e. The number of anilines is 1. The third-order valence-electron chi connectivity index (χ3n) is 9.06. The molecule has 4 heterocycles. The van der Waals surface area contributed by atoms with Crippen molar-refractivity contribution in [1.29, 1.82) is 0 Å². The van der Waals surface area contributed by atoms with Gasteiger partial charge in [-0.15, -0.1) is 0 Å². The second kappa shape index (κ2) is 8.55. The van der Waals surface area contributed by atoms with Crippen molar-refractivity contribution in [2.45, 2.75) is 71.4 Å². The van der Waals surface area contributed by atoms with E-state index in [9.17, 15) is 0 Å². The van der Waals surface area contributed by atoms with Gasteiger partial charge < -0.3 is 10.2 Å². The lowest BCUT2D eigenvalue weighted by Gasteiger charge is -2.39. The molecule has 3 aromatic rings. The Bertz CT molecular complexity index is 1360. The van der Waals surface area contributed by atoms with Gasteiger partial charge in [-0.2, -0.15) is 0 Å². The average Bonchev–Trinajstić information content (AvgIpc) is 3.39. The summed E-state index contributed by atoms with van der Waals surface area (Å²) in [6, 6.07) is 12.3. The summed E-state index contributed by atoms with van der Waals surface area (Å²) in [7, 11) is 0. The molecule has 2 fully saturated rings. The van der Waals surface area contributed by atoms with E-state index >= 15 is 0 Å². The lowest BCUT2D eigenvalue weighted by molar-refractivity contribution is 0.306. The van der Waals surface area contributed by atoms with E-state index in [1.807, 2.05) is 0 Å². The molecule has 4 nitrogen and oxygen atoms in total. The predicted molar refractivity (Wildman–Crippen MR) is 147 cm³/mol. The van der Waals surface area contributed by atoms with Crippen molar-refractivity contribution in [2.75, 3.05) is 18.0 Å². The minimum atomic E-state index is 0.447. The lowest BCUT2D eigenvalue weighted by Crippen LogP contribution is -2.32. The summed E-state index contributed by atoms with van der Waals surface area (Å²) in [5.74, 6) is 1.36. The van der Waals surface area contributed by atoms with E-state index in [1.54, 1.807) is 0 Å². The fourth-order valence-electron chi connectivity index (χ4n) is 7.06. The van der Waals surface area contributed by atoms with Gasteiger partial charge >= 0.3 is 0 Å². The van der Waals surface area contributed by atoms with Gasteiger partial charge in [0.25, 0.3) is 0 Å². The molecule has 36 heavy (non-hydrogen) atoms. The first-order valence-corrected chi connectivity index (χ1v) is 13.8. The first kappa shape index (κ1) is 22.2. The van der Waals surface area contributed by atoms with Gasteiger partial charge in [-0.05, 0) is 123 Å². The molecule has 3 atom stereocenters. The van der Waals surface area contributed by atoms with Crippen molar-refractivity contribution in [3.63, 3.8) is 0 Å². The Labute approximate surface area is 214 Å². The van der Waals surface area contributed by atoms with Crippen LogP contribution >= 0.6 is 0 Å². The zero-order chi connectivity index (χ0) is 24.4. The van der Waals surface area contributed by atoms with Gasteiger partial charge in [0, 0.05) is 53.9 Å². The number of rotatable bonds is 3. The van der Waals surface area contributed by atoms with Gasteiger partial charge in [-0.25, -0.2) is 0 Å². The van der Waals surface area contributed by atoms with Gasteiger partial charge in [0.2, 0.25) is 0 Å². The largest absolute Gasteiger partial charge is 0.367 e. The normalized spacial score (nSPS) is 24.5. The van der Waals surface area contributed by atoms with Crippen LogP contribution in [0.4, 0.5) is 5.69 Å². The minimum absolute atomic E-state index is 0.447. The first-order valence-electron chi connectivity index (χ1n) is 13.8. The smallest absolute Gasteiger partial charge is 0.0515 e. The van der Waals surface area contributed by atoms with Gasteiger partial charge in [0.1, 0.15) is 0 Å². The van der Waals surface area contributed by atoms with Gasteiger partial charge in [-0.3, -0.25) is 9.97 Å². The van der Waals surface area contributed by atoms with E-state index in [1.165, 1.54) is 76.0 Å². The van der Waals surface area contributed by atoms with Crippen LogP contribution in [0.5, 0.6) is 0 Å². The van der Waals surface area contributed by atoms with E-state index in [2.05, 4.69) is 78.6 Å². The molecule has 7 rings (SSSR count). The number of hydrogen-bond acceptors (Lipinski definition) is 4. The molecule has 1 saturated heterocycles. The Hall–Kier alpha value is -2.98. The Morgan fingerprint density at radius 2 is 1.81 bits per heavy atom. The zero-order valence-electron chi connectivity index (χ0n) is 21.8. The highest BCUT2D eigenvalue weighted by atomic mass is 15.1. The lowest BCUT2D eigenvalue weighted by atomic mass is 9.66. The molecule has 2 aliphatic heterocycles. The second-order valence-electron chi connectivity index (χ2n) is 11.5. The second-order valence-corrected chi connectivity index (χ2v) is 11.5. The molecule has 0 spiro atoms. The van der Waals surface area contributed by atoms with Gasteiger partial charge in [0.15, 0.2) is 0 Å². The van der Waals surface area contributed by atoms with Crippen LogP contribution in [0, 0.1) is 19.8 Å². The molecule has 4 heteroatoms. The molecule has 0 radical (unpaired) electrons. The summed E-state index contributed by atoms with van der Waals surface area (Å²) in [4.78, 5) is 12.2. The van der Waals surface area contributed by atoms with Crippen molar-refractivity contribution in [1.82, 2.24) is 15.3 Å². The van der Waals surface area contributed by atoms with Crippen LogP contribution in [0.1, 0.15) is 83.9 Å². The number of aryl methyl sites for hydroxylation is 2. The Kier molecular flexibility index (Phi) is 5.28. The quantitative estimate of drug-likeness (QED) is 0.459. The van der Waals surface area contributed by atoms with Crippen LogP contribution in [0.3, 0.4) is 0 Å². The number of nitrogens with one attached hydrogen (secondary N) is 1. The van der Waals surface area contributed by atoms with Crippen LogP contribution in [0.15, 0.2) is 42.6 Å². The summed E-state index contributed by atoms with van der Waals surface area (Å²) >= 11 is 0. The van der Waals surface area contributed by atoms with Gasteiger partial charge in [0.05, 0.1) is 5.69 Å². The molecule has 1 N–H and O–H groups in total. The molecule has 2 unspecified atom stereocenters. The van der Waals surface area contributed by atoms with E-state index in [0.717, 1.165) is 43.4 Å². The Morgan fingerprint density at radius 3 is 2.56 bits per heavy atom. The summed E-state index contributed by atoms with van der Waals surface area (Å²) in [6.07, 6.45) is 10.8. The maximum absolute atomic E-state index is 5.07. The number of allylic oxidation sites excluding steroid dienone is 2. The summed E-state index contributed by atoms with van der Waals surface area (Å²) in [5.41, 5.74) is 14.8.